The van der Waals surface area contributed by atoms with Crippen molar-refractivity contribution in [1.82, 2.24) is 5.32 Å². The zero-order valence-electron chi connectivity index (χ0n) is 10.5. The number of amides is 1. The van der Waals surface area contributed by atoms with Gasteiger partial charge in [0.15, 0.2) is 0 Å². The predicted octanol–water partition coefficient (Wildman–Crippen LogP) is 4.32. The summed E-state index contributed by atoms with van der Waals surface area (Å²) in [6.45, 7) is 0.503. The first-order valence-electron chi connectivity index (χ1n) is 6.04. The van der Waals surface area contributed by atoms with Crippen LogP contribution in [0.2, 0.25) is 0 Å². The summed E-state index contributed by atoms with van der Waals surface area (Å²) in [6, 6.07) is 11.7. The van der Waals surface area contributed by atoms with Gasteiger partial charge < -0.3 is 5.32 Å². The Kier molecular flexibility index (Phi) is 5.31. The Balaban J connectivity index is 1.92. The van der Waals surface area contributed by atoms with Crippen molar-refractivity contribution in [2.45, 2.75) is 6.42 Å². The van der Waals surface area contributed by atoms with E-state index in [0.717, 1.165) is 14.5 Å². The van der Waals surface area contributed by atoms with Gasteiger partial charge in [0.25, 0.3) is 5.91 Å². The highest BCUT2D eigenvalue weighted by Crippen LogP contribution is 2.21. The highest BCUT2D eigenvalue weighted by molar-refractivity contribution is 9.11. The summed E-state index contributed by atoms with van der Waals surface area (Å²) in [5.41, 5.74) is 1.57. The minimum atomic E-state index is -0.254. The molecule has 0 bridgehead atoms. The van der Waals surface area contributed by atoms with Crippen LogP contribution in [0.4, 0.5) is 4.39 Å². The van der Waals surface area contributed by atoms with E-state index in [1.165, 1.54) is 12.1 Å². The molecule has 0 aliphatic carbocycles. The van der Waals surface area contributed by atoms with Crippen LogP contribution in [0.1, 0.15) is 15.9 Å². The van der Waals surface area contributed by atoms with Gasteiger partial charge in [-0.05, 0) is 58.2 Å². The van der Waals surface area contributed by atoms with Crippen LogP contribution in [-0.4, -0.2) is 12.5 Å². The lowest BCUT2D eigenvalue weighted by Crippen LogP contribution is -2.26. The molecule has 0 saturated carbocycles. The predicted molar refractivity (Wildman–Crippen MR) is 84.3 cm³/mol. The molecule has 2 rings (SSSR count). The minimum absolute atomic E-state index is 0.139. The maximum absolute atomic E-state index is 12.8. The number of benzene rings is 2. The average molecular weight is 401 g/mol. The quantitative estimate of drug-likeness (QED) is 0.813. The molecule has 0 saturated heterocycles. The third kappa shape index (κ3) is 4.15. The van der Waals surface area contributed by atoms with Gasteiger partial charge in [0.1, 0.15) is 5.82 Å². The summed E-state index contributed by atoms with van der Waals surface area (Å²) in [5.74, 6) is -0.392. The second-order valence-electron chi connectivity index (χ2n) is 4.26. The van der Waals surface area contributed by atoms with E-state index in [-0.39, 0.29) is 11.7 Å². The molecule has 2 nitrogen and oxygen atoms in total. The van der Waals surface area contributed by atoms with Gasteiger partial charge in [-0.2, -0.15) is 0 Å². The Morgan fingerprint density at radius 1 is 1.10 bits per heavy atom. The van der Waals surface area contributed by atoms with E-state index in [0.29, 0.717) is 18.5 Å². The zero-order chi connectivity index (χ0) is 14.5. The molecule has 0 aromatic heterocycles. The molecule has 2 aromatic rings. The first-order chi connectivity index (χ1) is 9.56. The van der Waals surface area contributed by atoms with Crippen molar-refractivity contribution in [3.8, 4) is 0 Å². The number of rotatable bonds is 4. The van der Waals surface area contributed by atoms with Crippen molar-refractivity contribution in [2.75, 3.05) is 6.54 Å². The number of carbonyl (C=O) groups excluding carboxylic acids is 1. The van der Waals surface area contributed by atoms with E-state index in [9.17, 15) is 9.18 Å². The normalized spacial score (nSPS) is 10.3. The van der Waals surface area contributed by atoms with Crippen LogP contribution in [0.25, 0.3) is 0 Å². The Bertz CT molecular complexity index is 614. The van der Waals surface area contributed by atoms with Crippen LogP contribution >= 0.6 is 31.9 Å². The van der Waals surface area contributed by atoms with E-state index >= 15 is 0 Å². The highest BCUT2D eigenvalue weighted by Gasteiger charge is 2.09. The third-order valence-electron chi connectivity index (χ3n) is 2.79. The third-order valence-corrected chi connectivity index (χ3v) is 3.97. The summed E-state index contributed by atoms with van der Waals surface area (Å²) in [7, 11) is 0. The largest absolute Gasteiger partial charge is 0.352 e. The van der Waals surface area contributed by atoms with Crippen molar-refractivity contribution in [3.63, 3.8) is 0 Å². The number of hydrogen-bond donors (Lipinski definition) is 1. The SMILES string of the molecule is O=C(NCCc1ccc(F)cc1)c1cc(Br)ccc1Br. The van der Waals surface area contributed by atoms with E-state index in [2.05, 4.69) is 37.2 Å². The topological polar surface area (TPSA) is 29.1 Å². The van der Waals surface area contributed by atoms with Crippen LogP contribution in [-0.2, 0) is 6.42 Å². The lowest BCUT2D eigenvalue weighted by molar-refractivity contribution is 0.0953. The van der Waals surface area contributed by atoms with Crippen LogP contribution in [0, 0.1) is 5.82 Å². The molecule has 0 atom stereocenters. The van der Waals surface area contributed by atoms with Gasteiger partial charge in [-0.1, -0.05) is 28.1 Å². The first-order valence-corrected chi connectivity index (χ1v) is 7.62. The fourth-order valence-corrected chi connectivity index (χ4v) is 2.53. The second-order valence-corrected chi connectivity index (χ2v) is 6.03. The van der Waals surface area contributed by atoms with E-state index < -0.39 is 0 Å². The molecule has 0 spiro atoms. The molecule has 0 fully saturated rings. The summed E-state index contributed by atoms with van der Waals surface area (Å²) in [4.78, 5) is 12.0. The Morgan fingerprint density at radius 2 is 1.80 bits per heavy atom. The molecule has 0 heterocycles. The number of hydrogen-bond acceptors (Lipinski definition) is 1. The van der Waals surface area contributed by atoms with Crippen molar-refractivity contribution < 1.29 is 9.18 Å². The second kappa shape index (κ2) is 6.99. The van der Waals surface area contributed by atoms with Crippen LogP contribution < -0.4 is 5.32 Å². The summed E-state index contributed by atoms with van der Waals surface area (Å²) >= 11 is 6.69. The van der Waals surface area contributed by atoms with Gasteiger partial charge in [-0.15, -0.1) is 0 Å². The Hall–Kier alpha value is -1.20. The van der Waals surface area contributed by atoms with Gasteiger partial charge in [0, 0.05) is 15.5 Å². The van der Waals surface area contributed by atoms with Crippen molar-refractivity contribution in [1.29, 1.82) is 0 Å². The smallest absolute Gasteiger partial charge is 0.252 e. The molecular weight excluding hydrogens is 389 g/mol. The zero-order valence-corrected chi connectivity index (χ0v) is 13.7. The molecule has 0 radical (unpaired) electrons. The van der Waals surface area contributed by atoms with Gasteiger partial charge in [-0.3, -0.25) is 4.79 Å². The molecular formula is C15H12Br2FNO. The fourth-order valence-electron chi connectivity index (χ4n) is 1.74. The van der Waals surface area contributed by atoms with Crippen LogP contribution in [0.3, 0.4) is 0 Å². The number of nitrogens with one attached hydrogen (secondary N) is 1. The van der Waals surface area contributed by atoms with Gasteiger partial charge in [-0.25, -0.2) is 4.39 Å². The molecule has 5 heteroatoms. The fraction of sp³-hybridized carbons (Fsp3) is 0.133. The van der Waals surface area contributed by atoms with Crippen molar-refractivity contribution >= 4 is 37.8 Å². The van der Waals surface area contributed by atoms with Crippen LogP contribution in [0.15, 0.2) is 51.4 Å². The standard InChI is InChI=1S/C15H12Br2FNO/c16-11-3-6-14(17)13(9-11)15(20)19-8-7-10-1-4-12(18)5-2-10/h1-6,9H,7-8H2,(H,19,20). The maximum atomic E-state index is 12.8. The highest BCUT2D eigenvalue weighted by atomic mass is 79.9. The molecule has 0 aliphatic rings. The van der Waals surface area contributed by atoms with Crippen molar-refractivity contribution in [3.05, 3.63) is 68.4 Å². The van der Waals surface area contributed by atoms with E-state index in [4.69, 9.17) is 0 Å². The van der Waals surface area contributed by atoms with E-state index in [1.807, 2.05) is 12.1 Å². The van der Waals surface area contributed by atoms with Gasteiger partial charge in [0.05, 0.1) is 5.56 Å². The minimum Gasteiger partial charge on any atom is -0.352 e. The Labute approximate surface area is 133 Å². The monoisotopic (exact) mass is 399 g/mol. The number of halogens is 3. The van der Waals surface area contributed by atoms with Gasteiger partial charge in [0.2, 0.25) is 0 Å². The summed E-state index contributed by atoms with van der Waals surface area (Å²) < 4.78 is 14.4. The van der Waals surface area contributed by atoms with Crippen molar-refractivity contribution in [2.24, 2.45) is 0 Å². The summed E-state index contributed by atoms with van der Waals surface area (Å²) in [6.07, 6.45) is 0.664. The van der Waals surface area contributed by atoms with E-state index in [1.54, 1.807) is 18.2 Å². The molecule has 0 aliphatic heterocycles. The maximum Gasteiger partial charge on any atom is 0.252 e. The Morgan fingerprint density at radius 3 is 2.50 bits per heavy atom. The molecule has 1 amide bonds. The molecule has 2 aromatic carbocycles. The van der Waals surface area contributed by atoms with Gasteiger partial charge >= 0.3 is 0 Å². The molecule has 1 N–H and O–H groups in total. The molecule has 20 heavy (non-hydrogen) atoms. The molecule has 104 valence electrons. The lowest BCUT2D eigenvalue weighted by atomic mass is 10.1. The average Bonchev–Trinajstić information content (AvgIpc) is 2.43. The lowest BCUT2D eigenvalue weighted by Gasteiger charge is -2.07. The number of carbonyl (C=O) groups is 1. The first kappa shape index (κ1) is 15.2. The summed E-state index contributed by atoms with van der Waals surface area (Å²) in [5, 5.41) is 2.85. The van der Waals surface area contributed by atoms with Crippen LogP contribution in [0.5, 0.6) is 0 Å². The molecule has 0 unspecified atom stereocenters.